The summed E-state index contributed by atoms with van der Waals surface area (Å²) in [7, 11) is -3.85. The topological polar surface area (TPSA) is 63.5 Å². The Bertz CT molecular complexity index is 944. The number of sulfonamides is 1. The quantitative estimate of drug-likeness (QED) is 0.797. The van der Waals surface area contributed by atoms with Crippen LogP contribution in [0.1, 0.15) is 11.1 Å². The van der Waals surface area contributed by atoms with Crippen LogP contribution >= 0.6 is 11.6 Å². The van der Waals surface area contributed by atoms with E-state index in [1.54, 1.807) is 24.4 Å². The highest BCUT2D eigenvalue weighted by atomic mass is 35.5. The lowest BCUT2D eigenvalue weighted by Gasteiger charge is -2.13. The summed E-state index contributed by atoms with van der Waals surface area (Å²) in [5.74, 6) is 0. The van der Waals surface area contributed by atoms with Gasteiger partial charge in [-0.3, -0.25) is 9.12 Å². The third kappa shape index (κ3) is 2.44. The maximum absolute atomic E-state index is 12.7. The number of nitrogens with one attached hydrogen (secondary N) is 1. The number of halogens is 1. The Labute approximate surface area is 133 Å². The van der Waals surface area contributed by atoms with Crippen LogP contribution in [-0.4, -0.2) is 17.8 Å². The molecule has 2 aromatic heterocycles. The lowest BCUT2D eigenvalue weighted by molar-refractivity contribution is 0.596. The molecule has 114 valence electrons. The summed E-state index contributed by atoms with van der Waals surface area (Å²) in [5, 5.41) is -0.114. The average molecular weight is 336 g/mol. The number of hydrogen-bond acceptors (Lipinski definition) is 3. The fourth-order valence-corrected chi connectivity index (χ4v) is 4.19. The highest BCUT2D eigenvalue weighted by molar-refractivity contribution is 7.92. The molecule has 1 N–H and O–H groups in total. The van der Waals surface area contributed by atoms with Gasteiger partial charge in [0.1, 0.15) is 5.65 Å². The second kappa shape index (κ2) is 5.30. The molecule has 1 aromatic carbocycles. The zero-order chi connectivity index (χ0) is 15.9. The molecular weight excluding hydrogens is 322 g/mol. The van der Waals surface area contributed by atoms with E-state index in [0.29, 0.717) is 11.3 Å². The molecule has 0 saturated carbocycles. The molecule has 0 saturated heterocycles. The molecule has 5 nitrogen and oxygen atoms in total. The number of aryl methyl sites for hydroxylation is 2. The standard InChI is InChI=1S/C15H14ClN3O2S/c1-10-6-5-7-11(2)13(10)18-22(20,21)15-14(16)17-12-8-3-4-9-19(12)15/h3-9,18H,1-2H3. The van der Waals surface area contributed by atoms with E-state index in [9.17, 15) is 8.42 Å². The number of benzene rings is 1. The SMILES string of the molecule is Cc1cccc(C)c1NS(=O)(=O)c1c(Cl)nc2ccccn12. The van der Waals surface area contributed by atoms with Crippen LogP contribution in [0.5, 0.6) is 0 Å². The maximum Gasteiger partial charge on any atom is 0.281 e. The van der Waals surface area contributed by atoms with Gasteiger partial charge >= 0.3 is 0 Å². The van der Waals surface area contributed by atoms with E-state index in [1.165, 1.54) is 4.40 Å². The Morgan fingerprint density at radius 2 is 1.77 bits per heavy atom. The summed E-state index contributed by atoms with van der Waals surface area (Å²) >= 11 is 6.05. The number of nitrogens with zero attached hydrogens (tertiary/aromatic N) is 2. The highest BCUT2D eigenvalue weighted by Crippen LogP contribution is 2.27. The number of para-hydroxylation sites is 1. The molecule has 0 radical (unpaired) electrons. The number of rotatable bonds is 3. The molecule has 0 aliphatic heterocycles. The van der Waals surface area contributed by atoms with Gasteiger partial charge in [-0.25, -0.2) is 4.98 Å². The van der Waals surface area contributed by atoms with Crippen molar-refractivity contribution in [2.24, 2.45) is 0 Å². The smallest absolute Gasteiger partial charge is 0.281 e. The Morgan fingerprint density at radius 3 is 2.45 bits per heavy atom. The van der Waals surface area contributed by atoms with Crippen molar-refractivity contribution >= 4 is 33.0 Å². The number of imidazole rings is 1. The molecule has 0 aliphatic carbocycles. The summed E-state index contributed by atoms with van der Waals surface area (Å²) in [6.45, 7) is 3.70. The van der Waals surface area contributed by atoms with Gasteiger partial charge in [0.25, 0.3) is 10.0 Å². The second-order valence-electron chi connectivity index (χ2n) is 5.01. The molecular formula is C15H14ClN3O2S. The van der Waals surface area contributed by atoms with E-state index in [2.05, 4.69) is 9.71 Å². The zero-order valence-electron chi connectivity index (χ0n) is 12.0. The van der Waals surface area contributed by atoms with Gasteiger partial charge in [-0.2, -0.15) is 8.42 Å². The third-order valence-corrected chi connectivity index (χ3v) is 5.17. The van der Waals surface area contributed by atoms with E-state index >= 15 is 0 Å². The molecule has 2 heterocycles. The lowest BCUT2D eigenvalue weighted by Crippen LogP contribution is -2.17. The van der Waals surface area contributed by atoms with E-state index < -0.39 is 10.0 Å². The van der Waals surface area contributed by atoms with Crippen molar-refractivity contribution in [3.8, 4) is 0 Å². The fourth-order valence-electron chi connectivity index (χ4n) is 2.34. The number of hydrogen-bond donors (Lipinski definition) is 1. The second-order valence-corrected chi connectivity index (χ2v) is 6.96. The van der Waals surface area contributed by atoms with Gasteiger partial charge in [-0.1, -0.05) is 35.9 Å². The Balaban J connectivity index is 2.15. The first-order valence-corrected chi connectivity index (χ1v) is 8.48. The molecule has 3 aromatic rings. The third-order valence-electron chi connectivity index (χ3n) is 3.42. The Morgan fingerprint density at radius 1 is 1.09 bits per heavy atom. The molecule has 0 atom stereocenters. The molecule has 0 fully saturated rings. The minimum atomic E-state index is -3.85. The number of fused-ring (bicyclic) bond motifs is 1. The van der Waals surface area contributed by atoms with Crippen LogP contribution < -0.4 is 4.72 Å². The number of pyridine rings is 1. The first-order valence-electron chi connectivity index (χ1n) is 6.62. The molecule has 7 heteroatoms. The Kier molecular flexibility index (Phi) is 3.58. The average Bonchev–Trinajstić information content (AvgIpc) is 2.79. The normalized spacial score (nSPS) is 11.8. The van der Waals surface area contributed by atoms with E-state index in [1.807, 2.05) is 32.0 Å². The summed E-state index contributed by atoms with van der Waals surface area (Å²) in [5.41, 5.74) is 2.72. The van der Waals surface area contributed by atoms with Gasteiger partial charge in [0.15, 0.2) is 10.2 Å². The summed E-state index contributed by atoms with van der Waals surface area (Å²) in [6, 6.07) is 10.8. The summed E-state index contributed by atoms with van der Waals surface area (Å²) < 4.78 is 29.6. The van der Waals surface area contributed by atoms with Crippen LogP contribution in [-0.2, 0) is 10.0 Å². The molecule has 0 amide bonds. The van der Waals surface area contributed by atoms with Gasteiger partial charge in [0, 0.05) is 6.20 Å². The monoisotopic (exact) mass is 335 g/mol. The van der Waals surface area contributed by atoms with Gasteiger partial charge in [0.05, 0.1) is 5.69 Å². The molecule has 3 rings (SSSR count). The van der Waals surface area contributed by atoms with Crippen molar-refractivity contribution in [2.45, 2.75) is 18.9 Å². The minimum absolute atomic E-state index is 0.0510. The van der Waals surface area contributed by atoms with E-state index in [4.69, 9.17) is 11.6 Å². The van der Waals surface area contributed by atoms with Crippen molar-refractivity contribution in [3.05, 3.63) is 58.9 Å². The van der Waals surface area contributed by atoms with Gasteiger partial charge in [-0.15, -0.1) is 0 Å². The van der Waals surface area contributed by atoms with Crippen molar-refractivity contribution in [2.75, 3.05) is 4.72 Å². The predicted molar refractivity (Wildman–Crippen MR) is 86.9 cm³/mol. The fraction of sp³-hybridized carbons (Fsp3) is 0.133. The zero-order valence-corrected chi connectivity index (χ0v) is 13.6. The highest BCUT2D eigenvalue weighted by Gasteiger charge is 2.25. The van der Waals surface area contributed by atoms with Crippen LogP contribution in [0.15, 0.2) is 47.6 Å². The number of aromatic nitrogens is 2. The Hall–Kier alpha value is -2.05. The predicted octanol–water partition coefficient (Wildman–Crippen LogP) is 3.41. The summed E-state index contributed by atoms with van der Waals surface area (Å²) in [6.07, 6.45) is 1.62. The van der Waals surface area contributed by atoms with Gasteiger partial charge < -0.3 is 0 Å². The van der Waals surface area contributed by atoms with Crippen LogP contribution in [0.4, 0.5) is 5.69 Å². The molecule has 0 spiro atoms. The summed E-state index contributed by atoms with van der Waals surface area (Å²) in [4.78, 5) is 4.08. The molecule has 0 aliphatic rings. The molecule has 22 heavy (non-hydrogen) atoms. The first-order chi connectivity index (χ1) is 10.4. The maximum atomic E-state index is 12.7. The molecule has 0 unspecified atom stereocenters. The van der Waals surface area contributed by atoms with E-state index in [-0.39, 0.29) is 10.2 Å². The largest absolute Gasteiger partial charge is 0.288 e. The van der Waals surface area contributed by atoms with Crippen molar-refractivity contribution < 1.29 is 8.42 Å². The van der Waals surface area contributed by atoms with E-state index in [0.717, 1.165) is 11.1 Å². The van der Waals surface area contributed by atoms with Crippen LogP contribution in [0.2, 0.25) is 5.15 Å². The van der Waals surface area contributed by atoms with Crippen molar-refractivity contribution in [3.63, 3.8) is 0 Å². The lowest BCUT2D eigenvalue weighted by atomic mass is 10.1. The molecule has 0 bridgehead atoms. The number of anilines is 1. The van der Waals surface area contributed by atoms with Crippen LogP contribution in [0.3, 0.4) is 0 Å². The van der Waals surface area contributed by atoms with Crippen LogP contribution in [0, 0.1) is 13.8 Å². The van der Waals surface area contributed by atoms with Gasteiger partial charge in [-0.05, 0) is 37.1 Å². The van der Waals surface area contributed by atoms with Crippen molar-refractivity contribution in [1.82, 2.24) is 9.38 Å². The van der Waals surface area contributed by atoms with Crippen LogP contribution in [0.25, 0.3) is 5.65 Å². The van der Waals surface area contributed by atoms with Gasteiger partial charge in [0.2, 0.25) is 0 Å². The van der Waals surface area contributed by atoms with Crippen molar-refractivity contribution in [1.29, 1.82) is 0 Å². The first kappa shape index (κ1) is 14.9. The minimum Gasteiger partial charge on any atom is -0.288 e.